The maximum atomic E-state index is 5.93. The predicted molar refractivity (Wildman–Crippen MR) is 76.2 cm³/mol. The molecule has 0 spiro atoms. The summed E-state index contributed by atoms with van der Waals surface area (Å²) in [5.41, 5.74) is 6.16. The Bertz CT molecular complexity index is 402. The molecule has 0 aromatic carbocycles. The SMILES string of the molecule is CC(C)Oc1cncc(NCC2(CN)CCCC2)n1. The van der Waals surface area contributed by atoms with Gasteiger partial charge < -0.3 is 15.8 Å². The quantitative estimate of drug-likeness (QED) is 0.824. The minimum absolute atomic E-state index is 0.106. The van der Waals surface area contributed by atoms with E-state index in [-0.39, 0.29) is 11.5 Å². The summed E-state index contributed by atoms with van der Waals surface area (Å²) in [6, 6.07) is 0. The van der Waals surface area contributed by atoms with Crippen LogP contribution in [0.1, 0.15) is 39.5 Å². The van der Waals surface area contributed by atoms with E-state index in [4.69, 9.17) is 10.5 Å². The lowest BCUT2D eigenvalue weighted by atomic mass is 9.86. The highest BCUT2D eigenvalue weighted by Crippen LogP contribution is 2.37. The molecule has 1 aromatic rings. The van der Waals surface area contributed by atoms with E-state index < -0.39 is 0 Å². The molecule has 0 radical (unpaired) electrons. The van der Waals surface area contributed by atoms with Gasteiger partial charge in [-0.25, -0.2) is 0 Å². The zero-order chi connectivity index (χ0) is 13.7. The van der Waals surface area contributed by atoms with Gasteiger partial charge in [0.25, 0.3) is 0 Å². The standard InChI is InChI=1S/C14H24N4O/c1-11(2)19-13-8-16-7-12(18-13)17-10-14(9-15)5-3-4-6-14/h7-8,11H,3-6,9-10,15H2,1-2H3,(H,17,18). The van der Waals surface area contributed by atoms with Crippen LogP contribution in [0.2, 0.25) is 0 Å². The summed E-state index contributed by atoms with van der Waals surface area (Å²) in [7, 11) is 0. The maximum absolute atomic E-state index is 5.93. The Morgan fingerprint density at radius 1 is 1.37 bits per heavy atom. The van der Waals surface area contributed by atoms with Crippen LogP contribution in [0, 0.1) is 5.41 Å². The van der Waals surface area contributed by atoms with Gasteiger partial charge in [-0.1, -0.05) is 12.8 Å². The van der Waals surface area contributed by atoms with Gasteiger partial charge in [0, 0.05) is 6.54 Å². The van der Waals surface area contributed by atoms with E-state index in [1.165, 1.54) is 25.7 Å². The average Bonchev–Trinajstić information content (AvgIpc) is 2.86. The number of hydrogen-bond donors (Lipinski definition) is 2. The summed E-state index contributed by atoms with van der Waals surface area (Å²) >= 11 is 0. The highest BCUT2D eigenvalue weighted by Gasteiger charge is 2.32. The smallest absolute Gasteiger partial charge is 0.234 e. The zero-order valence-corrected chi connectivity index (χ0v) is 11.9. The molecule has 1 aliphatic carbocycles. The second-order valence-electron chi connectivity index (χ2n) is 5.67. The van der Waals surface area contributed by atoms with E-state index in [1.54, 1.807) is 12.4 Å². The summed E-state index contributed by atoms with van der Waals surface area (Å²) in [5.74, 6) is 1.33. The average molecular weight is 264 g/mol. The van der Waals surface area contributed by atoms with Crippen LogP contribution in [0.25, 0.3) is 0 Å². The number of nitrogens with zero attached hydrogens (tertiary/aromatic N) is 2. The Kier molecular flexibility index (Phi) is 4.58. The summed E-state index contributed by atoms with van der Waals surface area (Å²) in [4.78, 5) is 8.55. The molecule has 1 fully saturated rings. The van der Waals surface area contributed by atoms with Crippen LogP contribution >= 0.6 is 0 Å². The fraction of sp³-hybridized carbons (Fsp3) is 0.714. The molecule has 5 heteroatoms. The van der Waals surface area contributed by atoms with E-state index in [9.17, 15) is 0 Å². The summed E-state index contributed by atoms with van der Waals surface area (Å²) < 4.78 is 5.54. The molecule has 106 valence electrons. The van der Waals surface area contributed by atoms with Crippen LogP contribution < -0.4 is 15.8 Å². The van der Waals surface area contributed by atoms with Gasteiger partial charge in [-0.15, -0.1) is 0 Å². The molecular weight excluding hydrogens is 240 g/mol. The van der Waals surface area contributed by atoms with Crippen LogP contribution in [0.5, 0.6) is 5.88 Å². The Labute approximate surface area is 115 Å². The van der Waals surface area contributed by atoms with Crippen molar-refractivity contribution in [3.63, 3.8) is 0 Å². The lowest BCUT2D eigenvalue weighted by Gasteiger charge is -2.27. The van der Waals surface area contributed by atoms with Gasteiger partial charge in [0.15, 0.2) is 0 Å². The van der Waals surface area contributed by atoms with Crippen molar-refractivity contribution < 1.29 is 4.74 Å². The van der Waals surface area contributed by atoms with Crippen LogP contribution in [-0.2, 0) is 0 Å². The second kappa shape index (κ2) is 6.19. The summed E-state index contributed by atoms with van der Waals surface area (Å²) in [6.45, 7) is 5.55. The highest BCUT2D eigenvalue weighted by atomic mass is 16.5. The number of nitrogens with two attached hydrogens (primary N) is 1. The van der Waals surface area contributed by atoms with Gasteiger partial charge in [0.05, 0.1) is 18.5 Å². The summed E-state index contributed by atoms with van der Waals surface area (Å²) in [6.07, 6.45) is 8.43. The predicted octanol–water partition coefficient (Wildman–Crippen LogP) is 2.19. The molecule has 0 saturated heterocycles. The van der Waals surface area contributed by atoms with Crippen molar-refractivity contribution in [3.8, 4) is 5.88 Å². The fourth-order valence-electron chi connectivity index (χ4n) is 2.59. The first-order chi connectivity index (χ1) is 9.13. The Morgan fingerprint density at radius 2 is 2.11 bits per heavy atom. The monoisotopic (exact) mass is 264 g/mol. The molecule has 3 N–H and O–H groups in total. The van der Waals surface area contributed by atoms with Crippen LogP contribution in [0.3, 0.4) is 0 Å². The van der Waals surface area contributed by atoms with E-state index in [2.05, 4.69) is 15.3 Å². The lowest BCUT2D eigenvalue weighted by Crippen LogP contribution is -2.34. The first-order valence-electron chi connectivity index (χ1n) is 7.06. The van der Waals surface area contributed by atoms with Crippen molar-refractivity contribution in [3.05, 3.63) is 12.4 Å². The van der Waals surface area contributed by atoms with Crippen molar-refractivity contribution in [2.45, 2.75) is 45.6 Å². The van der Waals surface area contributed by atoms with E-state index in [0.717, 1.165) is 18.9 Å². The topological polar surface area (TPSA) is 73.1 Å². The van der Waals surface area contributed by atoms with Gasteiger partial charge in [-0.3, -0.25) is 4.98 Å². The van der Waals surface area contributed by atoms with Gasteiger partial charge >= 0.3 is 0 Å². The van der Waals surface area contributed by atoms with E-state index >= 15 is 0 Å². The molecule has 0 atom stereocenters. The van der Waals surface area contributed by atoms with Crippen molar-refractivity contribution in [1.82, 2.24) is 9.97 Å². The molecule has 0 aliphatic heterocycles. The third-order valence-corrected chi connectivity index (χ3v) is 3.71. The van der Waals surface area contributed by atoms with Gasteiger partial charge in [-0.05, 0) is 38.6 Å². The molecule has 2 rings (SSSR count). The molecular formula is C14H24N4O. The van der Waals surface area contributed by atoms with Gasteiger partial charge in [0.2, 0.25) is 5.88 Å². The minimum atomic E-state index is 0.106. The molecule has 19 heavy (non-hydrogen) atoms. The molecule has 5 nitrogen and oxygen atoms in total. The zero-order valence-electron chi connectivity index (χ0n) is 11.9. The number of nitrogens with one attached hydrogen (secondary N) is 1. The number of rotatable bonds is 6. The van der Waals surface area contributed by atoms with Crippen molar-refractivity contribution in [2.24, 2.45) is 11.1 Å². The first-order valence-corrected chi connectivity index (χ1v) is 7.06. The minimum Gasteiger partial charge on any atom is -0.474 e. The molecule has 1 heterocycles. The third kappa shape index (κ3) is 3.80. The fourth-order valence-corrected chi connectivity index (χ4v) is 2.59. The molecule has 0 amide bonds. The molecule has 1 saturated carbocycles. The number of ether oxygens (including phenoxy) is 1. The largest absolute Gasteiger partial charge is 0.474 e. The van der Waals surface area contributed by atoms with Crippen molar-refractivity contribution >= 4 is 5.82 Å². The third-order valence-electron chi connectivity index (χ3n) is 3.71. The molecule has 1 aromatic heterocycles. The lowest BCUT2D eigenvalue weighted by molar-refractivity contribution is 0.232. The number of aromatic nitrogens is 2. The van der Waals surface area contributed by atoms with Crippen LogP contribution in [-0.4, -0.2) is 29.2 Å². The number of anilines is 1. The van der Waals surface area contributed by atoms with Crippen molar-refractivity contribution in [2.75, 3.05) is 18.4 Å². The first kappa shape index (κ1) is 14.1. The Hall–Kier alpha value is -1.36. The Morgan fingerprint density at radius 3 is 2.74 bits per heavy atom. The van der Waals surface area contributed by atoms with Crippen LogP contribution in [0.4, 0.5) is 5.82 Å². The molecule has 0 unspecified atom stereocenters. The number of hydrogen-bond acceptors (Lipinski definition) is 5. The highest BCUT2D eigenvalue weighted by molar-refractivity contribution is 5.33. The van der Waals surface area contributed by atoms with Crippen LogP contribution in [0.15, 0.2) is 12.4 Å². The van der Waals surface area contributed by atoms with Gasteiger partial charge in [0.1, 0.15) is 5.82 Å². The summed E-state index contributed by atoms with van der Waals surface area (Å²) in [5, 5.41) is 3.36. The normalized spacial score (nSPS) is 17.7. The van der Waals surface area contributed by atoms with E-state index in [0.29, 0.717) is 5.88 Å². The molecule has 1 aliphatic rings. The maximum Gasteiger partial charge on any atom is 0.234 e. The van der Waals surface area contributed by atoms with Gasteiger partial charge in [-0.2, -0.15) is 4.98 Å². The van der Waals surface area contributed by atoms with Crippen molar-refractivity contribution in [1.29, 1.82) is 0 Å². The molecule has 0 bridgehead atoms. The second-order valence-corrected chi connectivity index (χ2v) is 5.67. The van der Waals surface area contributed by atoms with E-state index in [1.807, 2.05) is 13.8 Å². The Balaban J connectivity index is 1.95.